The second-order valence-corrected chi connectivity index (χ2v) is 10.6. The molecule has 2 fully saturated rings. The molecule has 2 aliphatic carbocycles. The molecule has 0 radical (unpaired) electrons. The van der Waals surface area contributed by atoms with Crippen LogP contribution in [0, 0.1) is 0 Å². The number of nitrogens with two attached hydrogens (primary N) is 1. The standard InChI is InChI=1S/C26H32N8S/c27-19-4-3-5-20(12-19)31-26-32-24(23-25(33-26)34(16-30-23)21-6-1-2-7-21)29-14-17-8-9-22(28-13-17)18-10-11-35-15-18/h8-11,13,15-16,19-21H,1-7,12,14,27H2,(H2,29,31,32,33). The molecule has 4 N–H and O–H groups in total. The third-order valence-electron chi connectivity index (χ3n) is 7.29. The molecule has 2 aliphatic rings. The molecule has 35 heavy (non-hydrogen) atoms. The molecule has 182 valence electrons. The smallest absolute Gasteiger partial charge is 0.227 e. The maximum atomic E-state index is 6.23. The minimum Gasteiger partial charge on any atom is -0.364 e. The van der Waals surface area contributed by atoms with E-state index >= 15 is 0 Å². The monoisotopic (exact) mass is 488 g/mol. The van der Waals surface area contributed by atoms with Crippen LogP contribution in [0.5, 0.6) is 0 Å². The summed E-state index contributed by atoms with van der Waals surface area (Å²) >= 11 is 1.68. The molecule has 4 aromatic heterocycles. The van der Waals surface area contributed by atoms with Gasteiger partial charge in [-0.15, -0.1) is 0 Å². The highest BCUT2D eigenvalue weighted by atomic mass is 32.1. The van der Waals surface area contributed by atoms with Crippen molar-refractivity contribution < 1.29 is 0 Å². The SMILES string of the molecule is NC1CCCC(Nc2nc(NCc3ccc(-c4ccsc4)nc3)c3ncn(C4CCCC4)c3n2)C1. The zero-order valence-electron chi connectivity index (χ0n) is 19.9. The summed E-state index contributed by atoms with van der Waals surface area (Å²) in [4.78, 5) is 19.2. The first-order valence-corrected chi connectivity index (χ1v) is 13.7. The molecule has 8 nitrogen and oxygen atoms in total. The zero-order valence-corrected chi connectivity index (χ0v) is 20.7. The molecule has 6 rings (SSSR count). The number of fused-ring (bicyclic) bond motifs is 1. The minimum atomic E-state index is 0.246. The van der Waals surface area contributed by atoms with Gasteiger partial charge in [-0.1, -0.05) is 18.9 Å². The Balaban J connectivity index is 1.26. The summed E-state index contributed by atoms with van der Waals surface area (Å²) in [5.41, 5.74) is 11.2. The van der Waals surface area contributed by atoms with E-state index in [0.717, 1.165) is 59.5 Å². The van der Waals surface area contributed by atoms with E-state index in [9.17, 15) is 0 Å². The molecule has 0 spiro atoms. The highest BCUT2D eigenvalue weighted by molar-refractivity contribution is 7.08. The van der Waals surface area contributed by atoms with E-state index in [1.54, 1.807) is 11.3 Å². The number of thiophene rings is 1. The number of nitrogens with one attached hydrogen (secondary N) is 2. The Morgan fingerprint density at radius 3 is 2.71 bits per heavy atom. The number of aromatic nitrogens is 5. The quantitative estimate of drug-likeness (QED) is 0.321. The summed E-state index contributed by atoms with van der Waals surface area (Å²) in [6, 6.07) is 7.30. The van der Waals surface area contributed by atoms with Crippen molar-refractivity contribution in [1.82, 2.24) is 24.5 Å². The van der Waals surface area contributed by atoms with E-state index in [1.807, 2.05) is 12.5 Å². The van der Waals surface area contributed by atoms with Crippen LogP contribution in [0.15, 0.2) is 41.5 Å². The summed E-state index contributed by atoms with van der Waals surface area (Å²) in [6.07, 6.45) is 13.0. The maximum Gasteiger partial charge on any atom is 0.227 e. The molecule has 2 unspecified atom stereocenters. The Morgan fingerprint density at radius 1 is 1.03 bits per heavy atom. The van der Waals surface area contributed by atoms with E-state index in [4.69, 9.17) is 20.7 Å². The second-order valence-electron chi connectivity index (χ2n) is 9.84. The fourth-order valence-electron chi connectivity index (χ4n) is 5.39. The van der Waals surface area contributed by atoms with Crippen LogP contribution in [0.2, 0.25) is 0 Å². The Bertz CT molecular complexity index is 1260. The molecular formula is C26H32N8S. The third-order valence-corrected chi connectivity index (χ3v) is 7.97. The molecule has 0 aromatic carbocycles. The van der Waals surface area contributed by atoms with Crippen molar-refractivity contribution in [3.05, 3.63) is 47.0 Å². The predicted molar refractivity (Wildman–Crippen MR) is 142 cm³/mol. The van der Waals surface area contributed by atoms with Gasteiger partial charge in [0.15, 0.2) is 17.0 Å². The van der Waals surface area contributed by atoms with Crippen LogP contribution in [-0.4, -0.2) is 36.6 Å². The van der Waals surface area contributed by atoms with Crippen molar-refractivity contribution >= 4 is 34.3 Å². The van der Waals surface area contributed by atoms with Crippen molar-refractivity contribution in [3.8, 4) is 11.3 Å². The van der Waals surface area contributed by atoms with Gasteiger partial charge >= 0.3 is 0 Å². The average Bonchev–Trinajstić information content (AvgIpc) is 3.65. The van der Waals surface area contributed by atoms with Gasteiger partial charge in [0.1, 0.15) is 0 Å². The summed E-state index contributed by atoms with van der Waals surface area (Å²) in [6.45, 7) is 0.618. The zero-order chi connectivity index (χ0) is 23.6. The fraction of sp³-hybridized carbons (Fsp3) is 0.462. The lowest BCUT2D eigenvalue weighted by molar-refractivity contribution is 0.408. The maximum absolute atomic E-state index is 6.23. The number of pyridine rings is 1. The van der Waals surface area contributed by atoms with Crippen molar-refractivity contribution in [2.75, 3.05) is 10.6 Å². The van der Waals surface area contributed by atoms with Gasteiger partial charge in [-0.2, -0.15) is 21.3 Å². The van der Waals surface area contributed by atoms with Gasteiger partial charge in [0.05, 0.1) is 12.0 Å². The third kappa shape index (κ3) is 4.88. The average molecular weight is 489 g/mol. The predicted octanol–water partition coefficient (Wildman–Crippen LogP) is 5.36. The van der Waals surface area contributed by atoms with Crippen LogP contribution < -0.4 is 16.4 Å². The summed E-state index contributed by atoms with van der Waals surface area (Å²) in [5.74, 6) is 1.42. The molecule has 0 saturated heterocycles. The topological polar surface area (TPSA) is 107 Å². The Labute approximate surface area is 209 Å². The first-order valence-electron chi connectivity index (χ1n) is 12.7. The molecule has 4 heterocycles. The Morgan fingerprint density at radius 2 is 1.94 bits per heavy atom. The highest BCUT2D eigenvalue weighted by Crippen LogP contribution is 2.33. The van der Waals surface area contributed by atoms with E-state index in [1.165, 1.54) is 25.7 Å². The molecule has 2 atom stereocenters. The molecule has 2 saturated carbocycles. The second kappa shape index (κ2) is 9.91. The van der Waals surface area contributed by atoms with Gasteiger partial charge in [-0.25, -0.2) is 4.98 Å². The molecule has 4 aromatic rings. The van der Waals surface area contributed by atoms with E-state index in [-0.39, 0.29) is 6.04 Å². The van der Waals surface area contributed by atoms with Gasteiger partial charge in [-0.3, -0.25) is 4.98 Å². The molecule has 0 amide bonds. The normalized spacial score (nSPS) is 20.9. The van der Waals surface area contributed by atoms with Crippen molar-refractivity contribution in [2.45, 2.75) is 76.0 Å². The highest BCUT2D eigenvalue weighted by Gasteiger charge is 2.24. The molecular weight excluding hydrogens is 456 g/mol. The van der Waals surface area contributed by atoms with Crippen LogP contribution >= 0.6 is 11.3 Å². The fourth-order valence-corrected chi connectivity index (χ4v) is 6.04. The molecule has 0 bridgehead atoms. The Hall–Kier alpha value is -3.04. The van der Waals surface area contributed by atoms with E-state index in [2.05, 4.69) is 49.1 Å². The number of hydrogen-bond donors (Lipinski definition) is 3. The van der Waals surface area contributed by atoms with Crippen LogP contribution in [0.4, 0.5) is 11.8 Å². The lowest BCUT2D eigenvalue weighted by Crippen LogP contribution is -2.35. The van der Waals surface area contributed by atoms with Gasteiger partial charge in [0, 0.05) is 41.8 Å². The van der Waals surface area contributed by atoms with Gasteiger partial charge in [-0.05, 0) is 61.6 Å². The van der Waals surface area contributed by atoms with Crippen molar-refractivity contribution in [3.63, 3.8) is 0 Å². The first kappa shape index (κ1) is 22.4. The van der Waals surface area contributed by atoms with Crippen LogP contribution in [0.25, 0.3) is 22.4 Å². The number of anilines is 2. The Kier molecular flexibility index (Phi) is 6.35. The van der Waals surface area contributed by atoms with E-state index in [0.29, 0.717) is 24.6 Å². The van der Waals surface area contributed by atoms with Gasteiger partial charge < -0.3 is 20.9 Å². The number of nitrogens with zero attached hydrogens (tertiary/aromatic N) is 5. The van der Waals surface area contributed by atoms with Gasteiger partial charge in [0.2, 0.25) is 5.95 Å². The lowest BCUT2D eigenvalue weighted by atomic mass is 9.92. The largest absolute Gasteiger partial charge is 0.364 e. The van der Waals surface area contributed by atoms with Crippen LogP contribution in [0.1, 0.15) is 63.0 Å². The number of hydrogen-bond acceptors (Lipinski definition) is 8. The summed E-state index contributed by atoms with van der Waals surface area (Å²) in [7, 11) is 0. The van der Waals surface area contributed by atoms with Crippen molar-refractivity contribution in [1.29, 1.82) is 0 Å². The number of rotatable bonds is 7. The van der Waals surface area contributed by atoms with Crippen LogP contribution in [-0.2, 0) is 6.54 Å². The molecule has 9 heteroatoms. The summed E-state index contributed by atoms with van der Waals surface area (Å²) in [5, 5.41) is 11.3. The van der Waals surface area contributed by atoms with Crippen LogP contribution in [0.3, 0.4) is 0 Å². The van der Waals surface area contributed by atoms with Gasteiger partial charge in [0.25, 0.3) is 0 Å². The number of imidazole rings is 1. The van der Waals surface area contributed by atoms with E-state index < -0.39 is 0 Å². The van der Waals surface area contributed by atoms with Crippen molar-refractivity contribution in [2.24, 2.45) is 5.73 Å². The minimum absolute atomic E-state index is 0.246. The summed E-state index contributed by atoms with van der Waals surface area (Å²) < 4.78 is 2.25. The first-order chi connectivity index (χ1) is 17.2. The lowest BCUT2D eigenvalue weighted by Gasteiger charge is -2.27. The molecule has 0 aliphatic heterocycles.